The van der Waals surface area contributed by atoms with E-state index in [9.17, 15) is 23.1 Å². The molecule has 1 heterocycles. The molecule has 1 aromatic heterocycles. The van der Waals surface area contributed by atoms with Gasteiger partial charge >= 0.3 is 12.1 Å². The van der Waals surface area contributed by atoms with Crippen molar-refractivity contribution in [2.75, 3.05) is 12.4 Å². The van der Waals surface area contributed by atoms with Gasteiger partial charge in [-0.05, 0) is 19.1 Å². The Hall–Kier alpha value is -1.28. The third-order valence-corrected chi connectivity index (χ3v) is 3.28. The normalized spacial score (nSPS) is 13.1. The molecular weight excluding hydrogens is 295 g/mol. The van der Waals surface area contributed by atoms with Crippen molar-refractivity contribution in [3.8, 4) is 0 Å². The summed E-state index contributed by atoms with van der Waals surface area (Å²) in [5, 5.41) is 9.91. The van der Waals surface area contributed by atoms with Gasteiger partial charge in [-0.25, -0.2) is 4.98 Å². The number of esters is 1. The lowest BCUT2D eigenvalue weighted by Crippen LogP contribution is -2.18. The molecule has 0 aliphatic heterocycles. The van der Waals surface area contributed by atoms with Crippen LogP contribution in [-0.2, 0) is 15.7 Å². The zero-order valence-electron chi connectivity index (χ0n) is 10.7. The Balaban J connectivity index is 2.44. The number of rotatable bonds is 6. The number of alkyl halides is 3. The van der Waals surface area contributed by atoms with Crippen molar-refractivity contribution < 1.29 is 27.8 Å². The van der Waals surface area contributed by atoms with Crippen molar-refractivity contribution in [3.05, 3.63) is 23.9 Å². The number of carbonyl (C=O) groups excluding carboxylic acids is 1. The highest BCUT2D eigenvalue weighted by molar-refractivity contribution is 7.99. The Kier molecular flexibility index (Phi) is 6.28. The van der Waals surface area contributed by atoms with Crippen molar-refractivity contribution in [2.24, 2.45) is 0 Å². The van der Waals surface area contributed by atoms with Crippen molar-refractivity contribution in [1.29, 1.82) is 0 Å². The molecule has 4 nitrogen and oxygen atoms in total. The molecule has 0 saturated heterocycles. The van der Waals surface area contributed by atoms with Gasteiger partial charge in [0.25, 0.3) is 0 Å². The number of carbonyl (C=O) groups is 1. The number of ether oxygens (including phenoxy) is 1. The maximum absolute atomic E-state index is 12.3. The molecule has 0 fully saturated rings. The SMILES string of the molecule is CCOC(=O)CC(O)CSc1ccc(C(F)(F)F)cn1. The summed E-state index contributed by atoms with van der Waals surface area (Å²) in [7, 11) is 0. The monoisotopic (exact) mass is 309 g/mol. The predicted octanol–water partition coefficient (Wildman–Crippen LogP) is 2.51. The van der Waals surface area contributed by atoms with Gasteiger partial charge in [0, 0.05) is 11.9 Å². The fourth-order valence-corrected chi connectivity index (χ4v) is 2.06. The topological polar surface area (TPSA) is 59.4 Å². The Morgan fingerprint density at radius 2 is 2.20 bits per heavy atom. The summed E-state index contributed by atoms with van der Waals surface area (Å²) < 4.78 is 41.6. The minimum atomic E-state index is -4.42. The van der Waals surface area contributed by atoms with E-state index in [4.69, 9.17) is 0 Å². The zero-order chi connectivity index (χ0) is 15.2. The lowest BCUT2D eigenvalue weighted by Gasteiger charge is -2.10. The summed E-state index contributed by atoms with van der Waals surface area (Å²) in [6.45, 7) is 1.89. The van der Waals surface area contributed by atoms with Crippen LogP contribution in [0.2, 0.25) is 0 Å². The van der Waals surface area contributed by atoms with Crippen molar-refractivity contribution in [2.45, 2.75) is 30.7 Å². The number of pyridine rings is 1. The Morgan fingerprint density at radius 1 is 1.50 bits per heavy atom. The maximum atomic E-state index is 12.3. The molecule has 1 unspecified atom stereocenters. The van der Waals surface area contributed by atoms with Crippen LogP contribution >= 0.6 is 11.8 Å². The molecule has 1 N–H and O–H groups in total. The van der Waals surface area contributed by atoms with E-state index in [1.165, 1.54) is 6.07 Å². The number of halogens is 3. The number of aliphatic hydroxyl groups is 1. The van der Waals surface area contributed by atoms with E-state index in [-0.39, 0.29) is 18.8 Å². The number of aliphatic hydroxyl groups excluding tert-OH is 1. The van der Waals surface area contributed by atoms with Crippen LogP contribution in [0.5, 0.6) is 0 Å². The smallest absolute Gasteiger partial charge is 0.417 e. The zero-order valence-corrected chi connectivity index (χ0v) is 11.5. The van der Waals surface area contributed by atoms with Crippen LogP contribution in [0, 0.1) is 0 Å². The molecule has 8 heteroatoms. The first-order valence-electron chi connectivity index (χ1n) is 5.82. The fraction of sp³-hybridized carbons (Fsp3) is 0.500. The third kappa shape index (κ3) is 5.79. The molecule has 0 saturated carbocycles. The molecule has 0 bridgehead atoms. The summed E-state index contributed by atoms with van der Waals surface area (Å²) in [6, 6.07) is 2.15. The average Bonchev–Trinajstić information content (AvgIpc) is 2.36. The molecule has 112 valence electrons. The second kappa shape index (κ2) is 7.49. The number of hydrogen-bond acceptors (Lipinski definition) is 5. The Labute approximate surface area is 118 Å². The summed E-state index contributed by atoms with van der Waals surface area (Å²) in [6.07, 6.45) is -4.76. The first-order chi connectivity index (χ1) is 9.32. The summed E-state index contributed by atoms with van der Waals surface area (Å²) in [5.41, 5.74) is -0.825. The van der Waals surface area contributed by atoms with E-state index in [0.717, 1.165) is 24.0 Å². The second-order valence-electron chi connectivity index (χ2n) is 3.86. The van der Waals surface area contributed by atoms with E-state index >= 15 is 0 Å². The quantitative estimate of drug-likeness (QED) is 0.646. The van der Waals surface area contributed by atoms with E-state index in [1.807, 2.05) is 0 Å². The minimum absolute atomic E-state index is 0.150. The van der Waals surface area contributed by atoms with Crippen LogP contribution in [0.25, 0.3) is 0 Å². The molecule has 20 heavy (non-hydrogen) atoms. The highest BCUT2D eigenvalue weighted by Gasteiger charge is 2.30. The molecule has 1 rings (SSSR count). The van der Waals surface area contributed by atoms with Gasteiger partial charge in [-0.1, -0.05) is 0 Å². The van der Waals surface area contributed by atoms with Crippen molar-refractivity contribution in [1.82, 2.24) is 4.98 Å². The van der Waals surface area contributed by atoms with Gasteiger partial charge < -0.3 is 9.84 Å². The van der Waals surface area contributed by atoms with Gasteiger partial charge in [-0.2, -0.15) is 13.2 Å². The highest BCUT2D eigenvalue weighted by Crippen LogP contribution is 2.29. The second-order valence-corrected chi connectivity index (χ2v) is 4.90. The van der Waals surface area contributed by atoms with Crippen LogP contribution in [0.3, 0.4) is 0 Å². The van der Waals surface area contributed by atoms with Gasteiger partial charge in [0.2, 0.25) is 0 Å². The standard InChI is InChI=1S/C12H14F3NO3S/c1-2-19-11(18)5-9(17)7-20-10-4-3-8(6-16-10)12(13,14)15/h3-4,6,9,17H,2,5,7H2,1H3. The van der Waals surface area contributed by atoms with Gasteiger partial charge in [-0.15, -0.1) is 11.8 Å². The van der Waals surface area contributed by atoms with Crippen LogP contribution in [-0.4, -0.2) is 34.5 Å². The van der Waals surface area contributed by atoms with Gasteiger partial charge in [0.1, 0.15) is 0 Å². The largest absolute Gasteiger partial charge is 0.466 e. The fourth-order valence-electron chi connectivity index (χ4n) is 1.29. The van der Waals surface area contributed by atoms with Crippen molar-refractivity contribution >= 4 is 17.7 Å². The minimum Gasteiger partial charge on any atom is -0.466 e. The average molecular weight is 309 g/mol. The van der Waals surface area contributed by atoms with E-state index in [1.54, 1.807) is 6.92 Å². The Bertz CT molecular complexity index is 437. The first-order valence-corrected chi connectivity index (χ1v) is 6.81. The molecule has 1 aromatic rings. The van der Waals surface area contributed by atoms with E-state index < -0.39 is 23.8 Å². The Morgan fingerprint density at radius 3 is 2.70 bits per heavy atom. The summed E-state index contributed by atoms with van der Waals surface area (Å²) in [5.74, 6) is -0.363. The molecular formula is C12H14F3NO3S. The maximum Gasteiger partial charge on any atom is 0.417 e. The number of aromatic nitrogens is 1. The van der Waals surface area contributed by atoms with Crippen LogP contribution in [0.15, 0.2) is 23.4 Å². The molecule has 0 aliphatic carbocycles. The van der Waals surface area contributed by atoms with Crippen LogP contribution in [0.1, 0.15) is 18.9 Å². The molecule has 1 atom stereocenters. The summed E-state index contributed by atoms with van der Waals surface area (Å²) in [4.78, 5) is 14.7. The van der Waals surface area contributed by atoms with Gasteiger partial charge in [0.15, 0.2) is 0 Å². The first kappa shape index (κ1) is 16.8. The van der Waals surface area contributed by atoms with Gasteiger partial charge in [-0.3, -0.25) is 4.79 Å². The molecule has 0 radical (unpaired) electrons. The molecule has 0 aliphatic rings. The van der Waals surface area contributed by atoms with Crippen LogP contribution < -0.4 is 0 Å². The summed E-state index contributed by atoms with van der Waals surface area (Å²) >= 11 is 1.07. The number of thioether (sulfide) groups is 1. The predicted molar refractivity (Wildman–Crippen MR) is 67.2 cm³/mol. The van der Waals surface area contributed by atoms with E-state index in [2.05, 4.69) is 9.72 Å². The van der Waals surface area contributed by atoms with Gasteiger partial charge in [0.05, 0.1) is 29.7 Å². The van der Waals surface area contributed by atoms with Crippen molar-refractivity contribution in [3.63, 3.8) is 0 Å². The molecule has 0 amide bonds. The molecule has 0 spiro atoms. The molecule has 0 aromatic carbocycles. The van der Waals surface area contributed by atoms with E-state index in [0.29, 0.717) is 5.03 Å². The lowest BCUT2D eigenvalue weighted by molar-refractivity contribution is -0.145. The van der Waals surface area contributed by atoms with Crippen LogP contribution in [0.4, 0.5) is 13.2 Å². The third-order valence-electron chi connectivity index (χ3n) is 2.19. The number of hydrogen-bond donors (Lipinski definition) is 1. The lowest BCUT2D eigenvalue weighted by atomic mass is 10.3. The number of nitrogens with zero attached hydrogens (tertiary/aromatic N) is 1. The highest BCUT2D eigenvalue weighted by atomic mass is 32.2.